The fourth-order valence-corrected chi connectivity index (χ4v) is 3.68. The quantitative estimate of drug-likeness (QED) is 0.539. The molecule has 0 saturated heterocycles. The van der Waals surface area contributed by atoms with Crippen LogP contribution in [0.15, 0.2) is 27.8 Å². The number of oxazole rings is 1. The molecule has 0 saturated carbocycles. The van der Waals surface area contributed by atoms with Gasteiger partial charge in [-0.3, -0.25) is 0 Å². The molecule has 0 fully saturated rings. The first-order chi connectivity index (χ1) is 9.64. The first-order valence-corrected chi connectivity index (χ1v) is 11.4. The monoisotopic (exact) mass is 323 g/mol. The normalized spacial score (nSPS) is 14.6. The molecule has 0 bridgehead atoms. The Morgan fingerprint density at radius 1 is 1.29 bits per heavy atom. The standard InChI is InChI=1S/C16H25NO2SSi/c1-11(19-21(6,7)16(2,3)4)12-8-9-13-14(10-12)18-15(17-13)20-5/h8-11H,1-7H3. The molecular formula is C16H25NO2SSi. The van der Waals surface area contributed by atoms with Gasteiger partial charge in [0.2, 0.25) is 0 Å². The van der Waals surface area contributed by atoms with E-state index in [0.29, 0.717) is 5.22 Å². The largest absolute Gasteiger partial charge is 0.431 e. The molecule has 3 nitrogen and oxygen atoms in total. The van der Waals surface area contributed by atoms with Crippen LogP contribution in [0.1, 0.15) is 39.4 Å². The lowest BCUT2D eigenvalue weighted by Crippen LogP contribution is -2.41. The van der Waals surface area contributed by atoms with Crippen molar-refractivity contribution < 1.29 is 8.84 Å². The van der Waals surface area contributed by atoms with Crippen molar-refractivity contribution in [2.45, 2.75) is 57.2 Å². The van der Waals surface area contributed by atoms with E-state index in [1.54, 1.807) is 0 Å². The van der Waals surface area contributed by atoms with Crippen molar-refractivity contribution in [3.8, 4) is 0 Å². The maximum atomic E-state index is 6.44. The van der Waals surface area contributed by atoms with Crippen LogP contribution in [0.3, 0.4) is 0 Å². The van der Waals surface area contributed by atoms with E-state index in [2.05, 4.69) is 57.9 Å². The molecule has 0 spiro atoms. The second kappa shape index (κ2) is 5.78. The van der Waals surface area contributed by atoms with Crippen LogP contribution in [0, 0.1) is 0 Å². The summed E-state index contributed by atoms with van der Waals surface area (Å²) in [5, 5.41) is 0.920. The van der Waals surface area contributed by atoms with Crippen molar-refractivity contribution >= 4 is 31.2 Å². The molecule has 1 aromatic carbocycles. The minimum absolute atomic E-state index is 0.0677. The minimum Gasteiger partial charge on any atom is -0.431 e. The molecule has 0 aliphatic rings. The molecule has 1 heterocycles. The molecule has 1 aromatic heterocycles. The van der Waals surface area contributed by atoms with Crippen molar-refractivity contribution in [2.24, 2.45) is 0 Å². The van der Waals surface area contributed by atoms with Crippen molar-refractivity contribution in [3.05, 3.63) is 23.8 Å². The number of rotatable bonds is 4. The highest BCUT2D eigenvalue weighted by Gasteiger charge is 2.38. The summed E-state index contributed by atoms with van der Waals surface area (Å²) in [6.45, 7) is 13.5. The predicted molar refractivity (Wildman–Crippen MR) is 92.5 cm³/mol. The molecule has 116 valence electrons. The highest BCUT2D eigenvalue weighted by atomic mass is 32.2. The highest BCUT2D eigenvalue weighted by molar-refractivity contribution is 7.98. The Labute approximate surface area is 132 Å². The summed E-state index contributed by atoms with van der Waals surface area (Å²) >= 11 is 1.52. The van der Waals surface area contributed by atoms with Crippen LogP contribution in [0.2, 0.25) is 18.1 Å². The Bertz CT molecular complexity index is 631. The van der Waals surface area contributed by atoms with Gasteiger partial charge in [0.15, 0.2) is 13.9 Å². The maximum absolute atomic E-state index is 6.44. The summed E-state index contributed by atoms with van der Waals surface area (Å²) in [6, 6.07) is 6.16. The SMILES string of the molecule is CSc1nc2ccc(C(C)O[Si](C)(C)C(C)(C)C)cc2o1. The van der Waals surface area contributed by atoms with E-state index in [-0.39, 0.29) is 11.1 Å². The molecule has 5 heteroatoms. The number of hydrogen-bond acceptors (Lipinski definition) is 4. The molecule has 1 unspecified atom stereocenters. The average Bonchev–Trinajstić information content (AvgIpc) is 2.78. The Morgan fingerprint density at radius 2 is 1.95 bits per heavy atom. The molecule has 1 atom stereocenters. The topological polar surface area (TPSA) is 35.3 Å². The second-order valence-corrected chi connectivity index (χ2v) is 12.4. The zero-order valence-electron chi connectivity index (χ0n) is 14.0. The van der Waals surface area contributed by atoms with Crippen LogP contribution < -0.4 is 0 Å². The summed E-state index contributed by atoms with van der Waals surface area (Å²) in [4.78, 5) is 4.41. The van der Waals surface area contributed by atoms with Gasteiger partial charge in [-0.2, -0.15) is 0 Å². The van der Waals surface area contributed by atoms with Gasteiger partial charge in [0.05, 0.1) is 6.10 Å². The lowest BCUT2D eigenvalue weighted by molar-refractivity contribution is 0.203. The Morgan fingerprint density at radius 3 is 2.52 bits per heavy atom. The summed E-state index contributed by atoms with van der Waals surface area (Å²) in [5.74, 6) is 0. The summed E-state index contributed by atoms with van der Waals surface area (Å²) in [6.07, 6.45) is 2.03. The van der Waals surface area contributed by atoms with Crippen molar-refractivity contribution in [1.29, 1.82) is 0 Å². The molecule has 0 amide bonds. The number of fused-ring (bicyclic) bond motifs is 1. The predicted octanol–water partition coefficient (Wildman–Crippen LogP) is 5.63. The zero-order chi connectivity index (χ0) is 15.8. The van der Waals surface area contributed by atoms with Crippen LogP contribution >= 0.6 is 11.8 Å². The highest BCUT2D eigenvalue weighted by Crippen LogP contribution is 2.39. The summed E-state index contributed by atoms with van der Waals surface area (Å²) in [7, 11) is -1.77. The van der Waals surface area contributed by atoms with E-state index in [1.165, 1.54) is 11.8 Å². The summed E-state index contributed by atoms with van der Waals surface area (Å²) in [5.41, 5.74) is 2.89. The third-order valence-corrected chi connectivity index (χ3v) is 9.39. The van der Waals surface area contributed by atoms with Gasteiger partial charge in [-0.1, -0.05) is 38.6 Å². The Hall–Kier alpha value is -0.783. The zero-order valence-corrected chi connectivity index (χ0v) is 15.8. The van der Waals surface area contributed by atoms with Gasteiger partial charge in [-0.05, 0) is 49.0 Å². The molecule has 0 radical (unpaired) electrons. The van der Waals surface area contributed by atoms with Crippen LogP contribution in [0.25, 0.3) is 11.1 Å². The average molecular weight is 324 g/mol. The molecule has 0 aliphatic carbocycles. The van der Waals surface area contributed by atoms with E-state index < -0.39 is 8.32 Å². The first kappa shape index (κ1) is 16.6. The third kappa shape index (κ3) is 3.52. The Balaban J connectivity index is 2.25. The van der Waals surface area contributed by atoms with Gasteiger partial charge in [-0.25, -0.2) is 4.98 Å². The van der Waals surface area contributed by atoms with Gasteiger partial charge in [0.25, 0.3) is 5.22 Å². The van der Waals surface area contributed by atoms with Crippen molar-refractivity contribution in [2.75, 3.05) is 6.26 Å². The molecular weight excluding hydrogens is 298 g/mol. The lowest BCUT2D eigenvalue weighted by Gasteiger charge is -2.38. The molecule has 0 N–H and O–H groups in total. The lowest BCUT2D eigenvalue weighted by atomic mass is 10.1. The Kier molecular flexibility index (Phi) is 4.56. The van der Waals surface area contributed by atoms with E-state index in [1.807, 2.05) is 12.3 Å². The number of aromatic nitrogens is 1. The minimum atomic E-state index is -1.77. The van der Waals surface area contributed by atoms with E-state index in [0.717, 1.165) is 16.7 Å². The van der Waals surface area contributed by atoms with Crippen LogP contribution in [-0.4, -0.2) is 19.6 Å². The van der Waals surface area contributed by atoms with E-state index in [4.69, 9.17) is 8.84 Å². The summed E-state index contributed by atoms with van der Waals surface area (Å²) < 4.78 is 12.2. The van der Waals surface area contributed by atoms with Gasteiger partial charge < -0.3 is 8.84 Å². The van der Waals surface area contributed by atoms with Crippen LogP contribution in [0.5, 0.6) is 0 Å². The molecule has 21 heavy (non-hydrogen) atoms. The van der Waals surface area contributed by atoms with Crippen LogP contribution in [-0.2, 0) is 4.43 Å². The molecule has 2 rings (SSSR count). The fourth-order valence-electron chi connectivity index (χ4n) is 1.95. The maximum Gasteiger partial charge on any atom is 0.256 e. The fraction of sp³-hybridized carbons (Fsp3) is 0.562. The van der Waals surface area contributed by atoms with E-state index >= 15 is 0 Å². The second-order valence-electron chi connectivity index (χ2n) is 6.93. The van der Waals surface area contributed by atoms with Gasteiger partial charge in [0.1, 0.15) is 5.52 Å². The number of thioether (sulfide) groups is 1. The van der Waals surface area contributed by atoms with Crippen molar-refractivity contribution in [1.82, 2.24) is 4.98 Å². The van der Waals surface area contributed by atoms with Gasteiger partial charge in [-0.15, -0.1) is 0 Å². The molecule has 0 aliphatic heterocycles. The van der Waals surface area contributed by atoms with Gasteiger partial charge in [0, 0.05) is 0 Å². The van der Waals surface area contributed by atoms with Crippen LogP contribution in [0.4, 0.5) is 0 Å². The third-order valence-electron chi connectivity index (χ3n) is 4.31. The van der Waals surface area contributed by atoms with Gasteiger partial charge >= 0.3 is 0 Å². The molecule has 2 aromatic rings. The number of benzene rings is 1. The number of nitrogens with zero attached hydrogens (tertiary/aromatic N) is 1. The van der Waals surface area contributed by atoms with Crippen molar-refractivity contribution in [3.63, 3.8) is 0 Å². The smallest absolute Gasteiger partial charge is 0.256 e. The van der Waals surface area contributed by atoms with E-state index in [9.17, 15) is 0 Å². The first-order valence-electron chi connectivity index (χ1n) is 7.26. The number of hydrogen-bond donors (Lipinski definition) is 0.